The molecule has 0 aromatic rings. The SMILES string of the molecule is CC(C)(C)OC(=O)NCC(CN)NC1CC1. The molecule has 1 saturated carbocycles. The monoisotopic (exact) mass is 229 g/mol. The van der Waals surface area contributed by atoms with Crippen LogP contribution in [0.25, 0.3) is 0 Å². The fourth-order valence-electron chi connectivity index (χ4n) is 1.31. The van der Waals surface area contributed by atoms with Crippen molar-refractivity contribution in [3.8, 4) is 0 Å². The summed E-state index contributed by atoms with van der Waals surface area (Å²) in [6.07, 6.45) is 2.04. The second-order valence-electron chi connectivity index (χ2n) is 5.26. The Morgan fingerprint density at radius 3 is 2.56 bits per heavy atom. The summed E-state index contributed by atoms with van der Waals surface area (Å²) in [5.74, 6) is 0. The summed E-state index contributed by atoms with van der Waals surface area (Å²) in [5, 5.41) is 6.08. The highest BCUT2D eigenvalue weighted by Crippen LogP contribution is 2.19. The van der Waals surface area contributed by atoms with Gasteiger partial charge in [0.05, 0.1) is 0 Å². The lowest BCUT2D eigenvalue weighted by Crippen LogP contribution is -2.47. The number of nitrogens with two attached hydrogens (primary N) is 1. The average molecular weight is 229 g/mol. The number of carbonyl (C=O) groups excluding carboxylic acids is 1. The Hall–Kier alpha value is -0.810. The minimum atomic E-state index is -0.452. The van der Waals surface area contributed by atoms with E-state index in [1.54, 1.807) is 0 Å². The fourth-order valence-corrected chi connectivity index (χ4v) is 1.31. The number of ether oxygens (including phenoxy) is 1. The molecule has 0 bridgehead atoms. The number of hydrogen-bond donors (Lipinski definition) is 3. The summed E-state index contributed by atoms with van der Waals surface area (Å²) in [7, 11) is 0. The van der Waals surface area contributed by atoms with Crippen LogP contribution in [0.1, 0.15) is 33.6 Å². The second kappa shape index (κ2) is 5.50. The van der Waals surface area contributed by atoms with E-state index < -0.39 is 5.60 Å². The maximum absolute atomic E-state index is 11.4. The number of nitrogens with one attached hydrogen (secondary N) is 2. The van der Waals surface area contributed by atoms with Crippen LogP contribution in [0.3, 0.4) is 0 Å². The normalized spacial score (nSPS) is 18.0. The van der Waals surface area contributed by atoms with Gasteiger partial charge in [-0.1, -0.05) is 0 Å². The van der Waals surface area contributed by atoms with Crippen molar-refractivity contribution in [3.63, 3.8) is 0 Å². The molecule has 5 heteroatoms. The van der Waals surface area contributed by atoms with E-state index in [-0.39, 0.29) is 12.1 Å². The molecule has 0 heterocycles. The lowest BCUT2D eigenvalue weighted by molar-refractivity contribution is 0.0523. The van der Waals surface area contributed by atoms with Gasteiger partial charge in [-0.25, -0.2) is 4.79 Å². The van der Waals surface area contributed by atoms with Gasteiger partial charge in [0.1, 0.15) is 5.60 Å². The summed E-state index contributed by atoms with van der Waals surface area (Å²) in [4.78, 5) is 11.4. The Labute approximate surface area is 97.1 Å². The molecule has 1 aliphatic carbocycles. The molecule has 0 saturated heterocycles. The molecule has 5 nitrogen and oxygen atoms in total. The van der Waals surface area contributed by atoms with E-state index in [0.29, 0.717) is 19.1 Å². The summed E-state index contributed by atoms with van der Waals surface area (Å²) in [6, 6.07) is 0.731. The first-order chi connectivity index (χ1) is 7.40. The van der Waals surface area contributed by atoms with Crippen molar-refractivity contribution in [1.29, 1.82) is 0 Å². The molecule has 4 N–H and O–H groups in total. The standard InChI is InChI=1S/C11H23N3O2/c1-11(2,3)16-10(15)13-7-9(6-12)14-8-4-5-8/h8-9,14H,4-7,12H2,1-3H3,(H,13,15). The zero-order valence-electron chi connectivity index (χ0n) is 10.4. The molecule has 1 fully saturated rings. The van der Waals surface area contributed by atoms with Crippen LogP contribution < -0.4 is 16.4 Å². The number of hydrogen-bond acceptors (Lipinski definition) is 4. The van der Waals surface area contributed by atoms with Gasteiger partial charge < -0.3 is 21.1 Å². The van der Waals surface area contributed by atoms with Gasteiger partial charge >= 0.3 is 6.09 Å². The van der Waals surface area contributed by atoms with Crippen molar-refractivity contribution in [1.82, 2.24) is 10.6 Å². The summed E-state index contributed by atoms with van der Waals surface area (Å²) < 4.78 is 5.13. The van der Waals surface area contributed by atoms with Crippen molar-refractivity contribution in [2.24, 2.45) is 5.73 Å². The Bertz CT molecular complexity index is 234. The molecule has 1 unspecified atom stereocenters. The lowest BCUT2D eigenvalue weighted by atomic mass is 10.2. The van der Waals surface area contributed by atoms with Crippen LogP contribution in [0.15, 0.2) is 0 Å². The molecule has 1 amide bonds. The number of carbonyl (C=O) groups is 1. The molecular weight excluding hydrogens is 206 g/mol. The molecule has 1 aliphatic rings. The van der Waals surface area contributed by atoms with Crippen LogP contribution in [-0.2, 0) is 4.74 Å². The zero-order valence-corrected chi connectivity index (χ0v) is 10.4. The predicted molar refractivity (Wildman–Crippen MR) is 63.2 cm³/mol. The Kier molecular flexibility index (Phi) is 4.56. The van der Waals surface area contributed by atoms with E-state index in [1.165, 1.54) is 12.8 Å². The number of rotatable bonds is 5. The quantitative estimate of drug-likeness (QED) is 0.645. The van der Waals surface area contributed by atoms with Crippen LogP contribution in [0.2, 0.25) is 0 Å². The van der Waals surface area contributed by atoms with Crippen LogP contribution in [-0.4, -0.2) is 36.9 Å². The third-order valence-corrected chi connectivity index (χ3v) is 2.22. The van der Waals surface area contributed by atoms with Crippen LogP contribution in [0.4, 0.5) is 4.79 Å². The topological polar surface area (TPSA) is 76.4 Å². The third kappa shape index (κ3) is 5.92. The van der Waals surface area contributed by atoms with Gasteiger partial charge in [0.25, 0.3) is 0 Å². The van der Waals surface area contributed by atoms with Crippen molar-refractivity contribution < 1.29 is 9.53 Å². The summed E-state index contributed by atoms with van der Waals surface area (Å²) in [5.41, 5.74) is 5.16. The molecular formula is C11H23N3O2. The van der Waals surface area contributed by atoms with Gasteiger partial charge in [0.15, 0.2) is 0 Å². The van der Waals surface area contributed by atoms with E-state index in [1.807, 2.05) is 20.8 Å². The highest BCUT2D eigenvalue weighted by Gasteiger charge is 2.24. The largest absolute Gasteiger partial charge is 0.444 e. The molecule has 94 valence electrons. The smallest absolute Gasteiger partial charge is 0.407 e. The van der Waals surface area contributed by atoms with Crippen molar-refractivity contribution in [2.45, 2.75) is 51.3 Å². The van der Waals surface area contributed by atoms with E-state index in [9.17, 15) is 4.79 Å². The summed E-state index contributed by atoms with van der Waals surface area (Å²) in [6.45, 7) is 6.56. The lowest BCUT2D eigenvalue weighted by Gasteiger charge is -2.22. The Morgan fingerprint density at radius 1 is 1.50 bits per heavy atom. The van der Waals surface area contributed by atoms with Gasteiger partial charge in [-0.05, 0) is 33.6 Å². The molecule has 1 atom stereocenters. The van der Waals surface area contributed by atoms with Crippen molar-refractivity contribution in [3.05, 3.63) is 0 Å². The number of alkyl carbamates (subject to hydrolysis) is 1. The molecule has 0 spiro atoms. The van der Waals surface area contributed by atoms with Crippen molar-refractivity contribution in [2.75, 3.05) is 13.1 Å². The Morgan fingerprint density at radius 2 is 2.12 bits per heavy atom. The first-order valence-electron chi connectivity index (χ1n) is 5.83. The second-order valence-corrected chi connectivity index (χ2v) is 5.26. The van der Waals surface area contributed by atoms with Gasteiger partial charge in [0.2, 0.25) is 0 Å². The zero-order chi connectivity index (χ0) is 12.2. The minimum Gasteiger partial charge on any atom is -0.444 e. The molecule has 16 heavy (non-hydrogen) atoms. The van der Waals surface area contributed by atoms with Gasteiger partial charge in [-0.2, -0.15) is 0 Å². The molecule has 0 aliphatic heterocycles. The first-order valence-corrected chi connectivity index (χ1v) is 5.83. The Balaban J connectivity index is 2.17. The van der Waals surface area contributed by atoms with Crippen LogP contribution in [0.5, 0.6) is 0 Å². The minimum absolute atomic E-state index is 0.139. The molecule has 0 aromatic carbocycles. The van der Waals surface area contributed by atoms with Gasteiger partial charge in [-0.15, -0.1) is 0 Å². The first kappa shape index (κ1) is 13.3. The highest BCUT2D eigenvalue weighted by molar-refractivity contribution is 5.67. The highest BCUT2D eigenvalue weighted by atomic mass is 16.6. The van der Waals surface area contributed by atoms with E-state index in [0.717, 1.165) is 0 Å². The fraction of sp³-hybridized carbons (Fsp3) is 0.909. The third-order valence-electron chi connectivity index (χ3n) is 2.22. The van der Waals surface area contributed by atoms with Gasteiger partial charge in [-0.3, -0.25) is 0 Å². The molecule has 0 aromatic heterocycles. The van der Waals surface area contributed by atoms with Crippen LogP contribution >= 0.6 is 0 Å². The average Bonchev–Trinajstić information content (AvgIpc) is 2.92. The maximum atomic E-state index is 11.4. The predicted octanol–water partition coefficient (Wildman–Crippen LogP) is 0.590. The van der Waals surface area contributed by atoms with E-state index >= 15 is 0 Å². The molecule has 1 rings (SSSR count). The van der Waals surface area contributed by atoms with E-state index in [2.05, 4.69) is 10.6 Å². The van der Waals surface area contributed by atoms with Gasteiger partial charge in [0, 0.05) is 25.2 Å². The van der Waals surface area contributed by atoms with Crippen molar-refractivity contribution >= 4 is 6.09 Å². The number of amides is 1. The maximum Gasteiger partial charge on any atom is 0.407 e. The molecule has 0 radical (unpaired) electrons. The van der Waals surface area contributed by atoms with E-state index in [4.69, 9.17) is 10.5 Å². The summed E-state index contributed by atoms with van der Waals surface area (Å²) >= 11 is 0. The van der Waals surface area contributed by atoms with Crippen LogP contribution in [0, 0.1) is 0 Å².